The van der Waals surface area contributed by atoms with Crippen molar-refractivity contribution in [3.8, 4) is 11.6 Å². The van der Waals surface area contributed by atoms with Gasteiger partial charge in [0.15, 0.2) is 5.78 Å². The first kappa shape index (κ1) is 38.2. The number of aliphatic hydroxyl groups is 1. The Bertz CT molecular complexity index is 1590. The number of carbonyl (C=O) groups excluding carboxylic acids is 1. The normalized spacial score (nSPS) is 12.2. The predicted molar refractivity (Wildman–Crippen MR) is 186 cm³/mol. The molecule has 0 fully saturated rings. The summed E-state index contributed by atoms with van der Waals surface area (Å²) in [5.74, 6) is 1.83. The molecule has 1 aromatic heterocycles. The Balaban J connectivity index is 0.000000378. The van der Waals surface area contributed by atoms with Crippen LogP contribution >= 0.6 is 0 Å². The molecule has 0 bridgehead atoms. The Morgan fingerprint density at radius 2 is 1.33 bits per heavy atom. The second-order valence-corrected chi connectivity index (χ2v) is 13.8. The zero-order chi connectivity index (χ0) is 32.7. The molecule has 0 unspecified atom stereocenters. The number of allylic oxidation sites excluding steroid dienone is 2. The van der Waals surface area contributed by atoms with Crippen LogP contribution in [0.5, 0.6) is 11.6 Å². The summed E-state index contributed by atoms with van der Waals surface area (Å²) in [6.07, 6.45) is 6.80. The molecule has 0 aliphatic heterocycles. The average Bonchev–Trinajstić information content (AvgIpc) is 2.97. The number of hydrogen-bond acceptors (Lipinski definition) is 4. The van der Waals surface area contributed by atoms with Crippen LogP contribution < -0.4 is 4.74 Å². The van der Waals surface area contributed by atoms with Gasteiger partial charge in [-0.3, -0.25) is 4.79 Å². The Hall–Kier alpha value is -3.01. The standard InChI is InChI=1S/C27H28NO.C13H24O2.Ir/c1-26(2,3)20-8-7-9-22(14-20)29-25-16-24-19(17-28-25)11-10-18-12-13-21(15-23(18)24)27(4,5)6;1-5-10(6-2)12(14)9-13(15)11(7-3)8-4;/h7-8,10-17H,1-6H3;9-11,14H,5-8H2,1-4H3;/q-1;;/b;12-9-;. The van der Waals surface area contributed by atoms with E-state index < -0.39 is 0 Å². The van der Waals surface area contributed by atoms with Crippen molar-refractivity contribution in [2.24, 2.45) is 11.8 Å². The van der Waals surface area contributed by atoms with Crippen molar-refractivity contribution in [1.29, 1.82) is 0 Å². The second-order valence-electron chi connectivity index (χ2n) is 13.8. The summed E-state index contributed by atoms with van der Waals surface area (Å²) in [7, 11) is 0. The molecule has 0 saturated carbocycles. The van der Waals surface area contributed by atoms with E-state index in [1.165, 1.54) is 28.0 Å². The molecule has 0 aliphatic carbocycles. The Labute approximate surface area is 285 Å². The maximum absolute atomic E-state index is 11.7. The van der Waals surface area contributed by atoms with Crippen LogP contribution in [0, 0.1) is 17.9 Å². The largest absolute Gasteiger partial charge is 0.512 e. The monoisotopic (exact) mass is 787 g/mol. The molecule has 1 heterocycles. The Morgan fingerprint density at radius 3 is 1.91 bits per heavy atom. The molecule has 0 atom stereocenters. The van der Waals surface area contributed by atoms with Crippen molar-refractivity contribution in [2.45, 2.75) is 106 Å². The number of pyridine rings is 1. The minimum Gasteiger partial charge on any atom is -0.512 e. The summed E-state index contributed by atoms with van der Waals surface area (Å²) in [4.78, 5) is 16.2. The van der Waals surface area contributed by atoms with Crippen LogP contribution in [0.15, 0.2) is 72.6 Å². The first-order chi connectivity index (χ1) is 20.7. The number of aromatic nitrogens is 1. The Kier molecular flexibility index (Phi) is 14.0. The fourth-order valence-electron chi connectivity index (χ4n) is 5.31. The van der Waals surface area contributed by atoms with Crippen molar-refractivity contribution in [2.75, 3.05) is 0 Å². The third kappa shape index (κ3) is 10.2. The third-order valence-electron chi connectivity index (χ3n) is 8.50. The van der Waals surface area contributed by atoms with E-state index in [1.54, 1.807) is 0 Å². The first-order valence-electron chi connectivity index (χ1n) is 16.2. The fraction of sp³-hybridized carbons (Fsp3) is 0.450. The van der Waals surface area contributed by atoms with Crippen molar-refractivity contribution in [3.05, 3.63) is 89.8 Å². The van der Waals surface area contributed by atoms with Gasteiger partial charge in [-0.25, -0.2) is 4.98 Å². The second kappa shape index (κ2) is 16.5. The minimum atomic E-state index is 0. The van der Waals surface area contributed by atoms with Crippen molar-refractivity contribution in [1.82, 2.24) is 4.98 Å². The first-order valence-corrected chi connectivity index (χ1v) is 16.2. The van der Waals surface area contributed by atoms with Crippen molar-refractivity contribution < 1.29 is 34.7 Å². The zero-order valence-corrected chi connectivity index (χ0v) is 31.3. The molecular formula is C40H52IrNO3-. The van der Waals surface area contributed by atoms with Gasteiger partial charge in [0.2, 0.25) is 5.88 Å². The van der Waals surface area contributed by atoms with E-state index in [0.717, 1.165) is 36.5 Å². The summed E-state index contributed by atoms with van der Waals surface area (Å²) in [5.41, 5.74) is 2.70. The topological polar surface area (TPSA) is 59.4 Å². The number of ether oxygens (including phenoxy) is 1. The molecule has 4 nitrogen and oxygen atoms in total. The maximum Gasteiger partial charge on any atom is 0.217 e. The molecule has 245 valence electrons. The molecule has 0 amide bonds. The van der Waals surface area contributed by atoms with Crippen LogP contribution in [0.1, 0.15) is 106 Å². The molecule has 4 aromatic rings. The van der Waals surface area contributed by atoms with Gasteiger partial charge in [0.1, 0.15) is 0 Å². The molecule has 0 spiro atoms. The van der Waals surface area contributed by atoms with Crippen LogP contribution in [0.3, 0.4) is 0 Å². The number of hydrogen-bond donors (Lipinski definition) is 1. The van der Waals surface area contributed by atoms with E-state index in [9.17, 15) is 9.90 Å². The molecule has 4 rings (SSSR count). The summed E-state index contributed by atoms with van der Waals surface area (Å²) >= 11 is 0. The van der Waals surface area contributed by atoms with Gasteiger partial charge in [0.25, 0.3) is 0 Å². The van der Waals surface area contributed by atoms with Gasteiger partial charge >= 0.3 is 0 Å². The van der Waals surface area contributed by atoms with Crippen LogP contribution in [0.2, 0.25) is 0 Å². The fourth-order valence-corrected chi connectivity index (χ4v) is 5.31. The van der Waals surface area contributed by atoms with E-state index in [-0.39, 0.29) is 54.3 Å². The van der Waals surface area contributed by atoms with Gasteiger partial charge < -0.3 is 9.84 Å². The van der Waals surface area contributed by atoms with Gasteiger partial charge in [-0.1, -0.05) is 93.5 Å². The number of nitrogens with zero attached hydrogens (tertiary/aromatic N) is 1. The van der Waals surface area contributed by atoms with E-state index in [0.29, 0.717) is 11.6 Å². The molecule has 5 heteroatoms. The molecule has 45 heavy (non-hydrogen) atoms. The number of aliphatic hydroxyl groups excluding tert-OH is 1. The van der Waals surface area contributed by atoms with Crippen LogP contribution in [-0.2, 0) is 35.7 Å². The summed E-state index contributed by atoms with van der Waals surface area (Å²) in [5, 5.41) is 14.5. The molecule has 0 aliphatic rings. The van der Waals surface area contributed by atoms with Gasteiger partial charge in [-0.15, -0.1) is 17.7 Å². The molecule has 1 radical (unpaired) electrons. The van der Waals surface area contributed by atoms with Gasteiger partial charge in [-0.05, 0) is 64.3 Å². The summed E-state index contributed by atoms with van der Waals surface area (Å²) in [6.45, 7) is 21.4. The smallest absolute Gasteiger partial charge is 0.217 e. The molecule has 3 aromatic carbocycles. The predicted octanol–water partition coefficient (Wildman–Crippen LogP) is 11.4. The quantitative estimate of drug-likeness (QED) is 0.0794. The SMILES string of the molecule is CC(C)(C)c1cc[c-]c(Oc2cc3c(ccc4ccc(C(C)(C)C)cc43)cn2)c1.CCC(CC)C(=O)/C=C(\O)C(CC)CC.[Ir]. The zero-order valence-electron chi connectivity index (χ0n) is 28.9. The van der Waals surface area contributed by atoms with Crippen LogP contribution in [0.25, 0.3) is 21.5 Å². The minimum absolute atomic E-state index is 0. The van der Waals surface area contributed by atoms with Gasteiger partial charge in [-0.2, -0.15) is 12.1 Å². The third-order valence-corrected chi connectivity index (χ3v) is 8.50. The van der Waals surface area contributed by atoms with E-state index >= 15 is 0 Å². The van der Waals surface area contributed by atoms with Crippen molar-refractivity contribution in [3.63, 3.8) is 0 Å². The number of fused-ring (bicyclic) bond motifs is 3. The van der Waals surface area contributed by atoms with E-state index in [4.69, 9.17) is 4.74 Å². The summed E-state index contributed by atoms with van der Waals surface area (Å²) in [6, 6.07) is 22.3. The number of ketones is 1. The Morgan fingerprint density at radius 1 is 0.800 bits per heavy atom. The maximum atomic E-state index is 11.7. The van der Waals surface area contributed by atoms with E-state index in [1.807, 2.05) is 52.1 Å². The van der Waals surface area contributed by atoms with Crippen molar-refractivity contribution >= 4 is 27.3 Å². The number of benzene rings is 3. The average molecular weight is 787 g/mol. The summed E-state index contributed by atoms with van der Waals surface area (Å²) < 4.78 is 6.10. The molecule has 1 N–H and O–H groups in total. The molecule has 0 saturated heterocycles. The van der Waals surface area contributed by atoms with Crippen LogP contribution in [-0.4, -0.2) is 15.9 Å². The van der Waals surface area contributed by atoms with Crippen LogP contribution in [0.4, 0.5) is 0 Å². The number of carbonyl (C=O) groups is 1. The van der Waals surface area contributed by atoms with Gasteiger partial charge in [0.05, 0.1) is 5.76 Å². The molecular weight excluding hydrogens is 735 g/mol. The number of rotatable bonds is 9. The van der Waals surface area contributed by atoms with Gasteiger partial charge in [0, 0.05) is 61.4 Å². The van der Waals surface area contributed by atoms with E-state index in [2.05, 4.69) is 89.0 Å².